The van der Waals surface area contributed by atoms with E-state index in [-0.39, 0.29) is 5.88 Å². The zero-order valence-electron chi connectivity index (χ0n) is 3.73. The lowest BCUT2D eigenvalue weighted by molar-refractivity contribution is -0.118. The number of alkyl halides is 1. The molecule has 0 aliphatic heterocycles. The van der Waals surface area contributed by atoms with Crippen molar-refractivity contribution >= 4 is 17.5 Å². The molecule has 3 nitrogen and oxygen atoms in total. The van der Waals surface area contributed by atoms with E-state index >= 15 is 0 Å². The zero-order chi connectivity index (χ0) is 5.86. The van der Waals surface area contributed by atoms with Gasteiger partial charge in [0.25, 0.3) is 0 Å². The number of halogens is 1. The van der Waals surface area contributed by atoms with Gasteiger partial charge in [-0.15, -0.1) is 11.6 Å². The molecule has 42 valence electrons. The quantitative estimate of drug-likeness (QED) is 0.463. The lowest BCUT2D eigenvalue weighted by atomic mass is 10.4. The van der Waals surface area contributed by atoms with E-state index in [2.05, 4.69) is 0 Å². The number of carbonyl (C=O) groups is 1. The van der Waals surface area contributed by atoms with E-state index < -0.39 is 11.9 Å². The minimum atomic E-state index is -0.693. The summed E-state index contributed by atoms with van der Waals surface area (Å²) in [6.07, 6.45) is 0. The first-order valence-corrected chi connectivity index (χ1v) is 2.32. The largest absolute Gasteiger partial charge is 0.368 e. The van der Waals surface area contributed by atoms with Crippen LogP contribution in [0.4, 0.5) is 0 Å². The Morgan fingerprint density at radius 3 is 2.29 bits per heavy atom. The third-order valence-electron chi connectivity index (χ3n) is 0.532. The van der Waals surface area contributed by atoms with Gasteiger partial charge in [-0.2, -0.15) is 0 Å². The van der Waals surface area contributed by atoms with E-state index in [9.17, 15) is 4.79 Å². The fourth-order valence-electron chi connectivity index (χ4n) is 0.0760. The molecule has 1 atom stereocenters. The van der Waals surface area contributed by atoms with Gasteiger partial charge in [0.2, 0.25) is 5.91 Å². The van der Waals surface area contributed by atoms with Crippen molar-refractivity contribution in [1.29, 1.82) is 0 Å². The maximum Gasteiger partial charge on any atom is 0.235 e. The van der Waals surface area contributed by atoms with E-state index in [4.69, 9.17) is 23.1 Å². The van der Waals surface area contributed by atoms with Gasteiger partial charge >= 0.3 is 0 Å². The first-order valence-electron chi connectivity index (χ1n) is 1.79. The lowest BCUT2D eigenvalue weighted by Gasteiger charge is -1.97. The van der Waals surface area contributed by atoms with Crippen molar-refractivity contribution in [2.75, 3.05) is 5.88 Å². The molecule has 0 saturated heterocycles. The number of rotatable bonds is 2. The van der Waals surface area contributed by atoms with Crippen LogP contribution < -0.4 is 11.5 Å². The van der Waals surface area contributed by atoms with Crippen LogP contribution in [0, 0.1) is 0 Å². The van der Waals surface area contributed by atoms with Gasteiger partial charge < -0.3 is 11.5 Å². The molecule has 0 aliphatic carbocycles. The summed E-state index contributed by atoms with van der Waals surface area (Å²) in [5.74, 6) is -0.468. The highest BCUT2D eigenvalue weighted by atomic mass is 35.5. The second-order valence-electron chi connectivity index (χ2n) is 1.16. The number of primary amides is 1. The number of hydrogen-bond donors (Lipinski definition) is 2. The molecule has 0 spiro atoms. The van der Waals surface area contributed by atoms with Gasteiger partial charge in [-0.05, 0) is 0 Å². The molecule has 1 unspecified atom stereocenters. The zero-order valence-corrected chi connectivity index (χ0v) is 4.48. The SMILES string of the molecule is NC(=O)C(N)CCl. The molecule has 7 heavy (non-hydrogen) atoms. The minimum absolute atomic E-state index is 0.0926. The predicted molar refractivity (Wildman–Crippen MR) is 27.9 cm³/mol. The molecule has 0 aromatic rings. The van der Waals surface area contributed by atoms with Crippen molar-refractivity contribution in [3.8, 4) is 0 Å². The first-order chi connectivity index (χ1) is 3.18. The van der Waals surface area contributed by atoms with Crippen molar-refractivity contribution in [2.24, 2.45) is 11.5 Å². The molecule has 0 heterocycles. The molecule has 0 saturated carbocycles. The molecule has 4 heteroatoms. The summed E-state index contributed by atoms with van der Waals surface area (Å²) in [4.78, 5) is 9.94. The van der Waals surface area contributed by atoms with Crippen molar-refractivity contribution in [3.63, 3.8) is 0 Å². The second-order valence-corrected chi connectivity index (χ2v) is 1.47. The molecular formula is C3H7ClN2O. The Hall–Kier alpha value is -0.280. The van der Waals surface area contributed by atoms with E-state index in [0.29, 0.717) is 0 Å². The van der Waals surface area contributed by atoms with Gasteiger partial charge in [0.15, 0.2) is 0 Å². The van der Waals surface area contributed by atoms with Crippen LogP contribution >= 0.6 is 11.6 Å². The Balaban J connectivity index is 3.34. The van der Waals surface area contributed by atoms with Crippen LogP contribution in [0.15, 0.2) is 0 Å². The molecule has 0 aromatic carbocycles. The van der Waals surface area contributed by atoms with E-state index in [0.717, 1.165) is 0 Å². The number of nitrogens with two attached hydrogens (primary N) is 2. The van der Waals surface area contributed by atoms with E-state index in [1.807, 2.05) is 0 Å². The van der Waals surface area contributed by atoms with E-state index in [1.165, 1.54) is 0 Å². The average Bonchev–Trinajstić information content (AvgIpc) is 1.65. The topological polar surface area (TPSA) is 69.1 Å². The Kier molecular flexibility index (Phi) is 2.71. The van der Waals surface area contributed by atoms with Crippen LogP contribution in [-0.4, -0.2) is 17.8 Å². The highest BCUT2D eigenvalue weighted by molar-refractivity contribution is 6.19. The summed E-state index contributed by atoms with van der Waals surface area (Å²) in [6, 6.07) is -0.693. The average molecular weight is 123 g/mol. The summed E-state index contributed by atoms with van der Waals surface area (Å²) in [6.45, 7) is 0. The summed E-state index contributed by atoms with van der Waals surface area (Å²) in [5.41, 5.74) is 9.71. The molecule has 0 aliphatic rings. The van der Waals surface area contributed by atoms with Crippen molar-refractivity contribution in [2.45, 2.75) is 6.04 Å². The smallest absolute Gasteiger partial charge is 0.235 e. The van der Waals surface area contributed by atoms with Gasteiger partial charge in [-0.3, -0.25) is 4.79 Å². The predicted octanol–water partition coefficient (Wildman–Crippen LogP) is -0.962. The summed E-state index contributed by atoms with van der Waals surface area (Å²) in [5, 5.41) is 0. The minimum Gasteiger partial charge on any atom is -0.368 e. The normalized spacial score (nSPS) is 13.4. The molecule has 4 N–H and O–H groups in total. The second kappa shape index (κ2) is 2.82. The Morgan fingerprint density at radius 2 is 2.29 bits per heavy atom. The van der Waals surface area contributed by atoms with Crippen molar-refractivity contribution < 1.29 is 4.79 Å². The third-order valence-corrected chi connectivity index (χ3v) is 0.864. The van der Waals surface area contributed by atoms with Crippen LogP contribution in [-0.2, 0) is 4.79 Å². The lowest BCUT2D eigenvalue weighted by Crippen LogP contribution is -2.37. The van der Waals surface area contributed by atoms with E-state index in [1.54, 1.807) is 0 Å². The van der Waals surface area contributed by atoms with Crippen LogP contribution in [0.5, 0.6) is 0 Å². The number of hydrogen-bond acceptors (Lipinski definition) is 2. The summed E-state index contributed by atoms with van der Waals surface area (Å²) in [7, 11) is 0. The maximum absolute atomic E-state index is 9.94. The van der Waals surface area contributed by atoms with Crippen molar-refractivity contribution in [1.82, 2.24) is 0 Å². The number of amides is 1. The molecule has 0 bridgehead atoms. The van der Waals surface area contributed by atoms with Gasteiger partial charge in [-0.1, -0.05) is 0 Å². The Morgan fingerprint density at radius 1 is 1.86 bits per heavy atom. The molecule has 0 fully saturated rings. The molecule has 0 aromatic heterocycles. The van der Waals surface area contributed by atoms with Gasteiger partial charge in [0.1, 0.15) is 0 Å². The summed E-state index contributed by atoms with van der Waals surface area (Å²) >= 11 is 5.12. The van der Waals surface area contributed by atoms with Gasteiger partial charge in [-0.25, -0.2) is 0 Å². The van der Waals surface area contributed by atoms with Crippen LogP contribution in [0.2, 0.25) is 0 Å². The molecule has 1 amide bonds. The monoisotopic (exact) mass is 122 g/mol. The maximum atomic E-state index is 9.94. The molecular weight excluding hydrogens is 115 g/mol. The Bertz CT molecular complexity index is 75.3. The fraction of sp³-hybridized carbons (Fsp3) is 0.667. The molecule has 0 rings (SSSR count). The van der Waals surface area contributed by atoms with Crippen LogP contribution in [0.25, 0.3) is 0 Å². The highest BCUT2D eigenvalue weighted by Gasteiger charge is 2.04. The van der Waals surface area contributed by atoms with Gasteiger partial charge in [0.05, 0.1) is 6.04 Å². The van der Waals surface area contributed by atoms with Crippen LogP contribution in [0.3, 0.4) is 0 Å². The van der Waals surface area contributed by atoms with Crippen LogP contribution in [0.1, 0.15) is 0 Å². The fourth-order valence-corrected chi connectivity index (χ4v) is 0.228. The molecule has 0 radical (unpaired) electrons. The van der Waals surface area contributed by atoms with Gasteiger partial charge in [0, 0.05) is 5.88 Å². The standard InChI is InChI=1S/C3H7ClN2O/c4-1-2(5)3(6)7/h2H,1,5H2,(H2,6,7). The highest BCUT2D eigenvalue weighted by Crippen LogP contribution is 1.78. The summed E-state index contributed by atoms with van der Waals surface area (Å²) < 4.78 is 0. The first kappa shape index (κ1) is 6.72. The number of carbonyl (C=O) groups excluding carboxylic acids is 1. The van der Waals surface area contributed by atoms with Crippen molar-refractivity contribution in [3.05, 3.63) is 0 Å². The Labute approximate surface area is 46.6 Å². The third kappa shape index (κ3) is 2.42.